The maximum atomic E-state index is 13.8. The second-order valence-corrected chi connectivity index (χ2v) is 5.29. The SMILES string of the molecule is Cc1cccc(C(C)C)c1Nc1cccc(F)c1CN. The molecule has 0 aliphatic carbocycles. The summed E-state index contributed by atoms with van der Waals surface area (Å²) in [6.07, 6.45) is 0. The number of hydrogen-bond donors (Lipinski definition) is 2. The van der Waals surface area contributed by atoms with Crippen LogP contribution in [0.15, 0.2) is 36.4 Å². The number of aryl methyl sites for hydroxylation is 1. The summed E-state index contributed by atoms with van der Waals surface area (Å²) in [4.78, 5) is 0. The number of para-hydroxylation sites is 1. The lowest BCUT2D eigenvalue weighted by Crippen LogP contribution is -2.07. The second kappa shape index (κ2) is 6.06. The third kappa shape index (κ3) is 2.83. The lowest BCUT2D eigenvalue weighted by atomic mass is 9.97. The average Bonchev–Trinajstić information content (AvgIpc) is 2.41. The summed E-state index contributed by atoms with van der Waals surface area (Å²) in [5.41, 5.74) is 10.3. The van der Waals surface area contributed by atoms with Gasteiger partial charge in [0.2, 0.25) is 0 Å². The van der Waals surface area contributed by atoms with Crippen LogP contribution in [-0.4, -0.2) is 0 Å². The van der Waals surface area contributed by atoms with Gasteiger partial charge >= 0.3 is 0 Å². The summed E-state index contributed by atoms with van der Waals surface area (Å²) >= 11 is 0. The quantitative estimate of drug-likeness (QED) is 0.862. The molecule has 0 spiro atoms. The van der Waals surface area contributed by atoms with Gasteiger partial charge in [0.1, 0.15) is 5.82 Å². The summed E-state index contributed by atoms with van der Waals surface area (Å²) < 4.78 is 13.8. The minimum absolute atomic E-state index is 0.178. The molecule has 0 bridgehead atoms. The minimum atomic E-state index is -0.266. The minimum Gasteiger partial charge on any atom is -0.355 e. The van der Waals surface area contributed by atoms with Crippen LogP contribution in [-0.2, 0) is 6.54 Å². The Morgan fingerprint density at radius 3 is 2.50 bits per heavy atom. The number of anilines is 2. The number of benzene rings is 2. The van der Waals surface area contributed by atoms with Crippen molar-refractivity contribution in [2.75, 3.05) is 5.32 Å². The second-order valence-electron chi connectivity index (χ2n) is 5.29. The van der Waals surface area contributed by atoms with Crippen LogP contribution in [0.3, 0.4) is 0 Å². The molecule has 20 heavy (non-hydrogen) atoms. The smallest absolute Gasteiger partial charge is 0.129 e. The van der Waals surface area contributed by atoms with Gasteiger partial charge in [-0.25, -0.2) is 4.39 Å². The van der Waals surface area contributed by atoms with Crippen molar-refractivity contribution in [2.45, 2.75) is 33.2 Å². The van der Waals surface area contributed by atoms with Gasteiger partial charge in [-0.1, -0.05) is 38.1 Å². The molecule has 0 aliphatic rings. The summed E-state index contributed by atoms with van der Waals surface area (Å²) in [6.45, 7) is 6.53. The van der Waals surface area contributed by atoms with Gasteiger partial charge in [0, 0.05) is 23.5 Å². The molecule has 0 aliphatic heterocycles. The van der Waals surface area contributed by atoms with Crippen LogP contribution in [0.5, 0.6) is 0 Å². The van der Waals surface area contributed by atoms with Crippen molar-refractivity contribution in [3.05, 3.63) is 58.9 Å². The monoisotopic (exact) mass is 272 g/mol. The predicted octanol–water partition coefficient (Wildman–Crippen LogP) is 4.46. The first-order valence-corrected chi connectivity index (χ1v) is 6.88. The summed E-state index contributed by atoms with van der Waals surface area (Å²) in [5, 5.41) is 3.36. The van der Waals surface area contributed by atoms with E-state index in [9.17, 15) is 4.39 Å². The van der Waals surface area contributed by atoms with Gasteiger partial charge in [-0.05, 0) is 36.1 Å². The summed E-state index contributed by atoms with van der Waals surface area (Å²) in [5.74, 6) is 0.129. The fourth-order valence-electron chi connectivity index (χ4n) is 2.36. The molecule has 0 atom stereocenters. The molecule has 3 heteroatoms. The molecule has 0 unspecified atom stereocenters. The van der Waals surface area contributed by atoms with Gasteiger partial charge in [-0.15, -0.1) is 0 Å². The van der Waals surface area contributed by atoms with E-state index in [4.69, 9.17) is 5.73 Å². The summed E-state index contributed by atoms with van der Waals surface area (Å²) in [6, 6.07) is 11.2. The Morgan fingerprint density at radius 2 is 1.85 bits per heavy atom. The van der Waals surface area contributed by atoms with Crippen molar-refractivity contribution in [1.29, 1.82) is 0 Å². The molecule has 0 fully saturated rings. The first-order valence-electron chi connectivity index (χ1n) is 6.88. The van der Waals surface area contributed by atoms with Crippen LogP contribution in [0.2, 0.25) is 0 Å². The van der Waals surface area contributed by atoms with Crippen LogP contribution in [0.4, 0.5) is 15.8 Å². The highest BCUT2D eigenvalue weighted by Crippen LogP contribution is 2.31. The number of nitrogens with two attached hydrogens (primary N) is 1. The van der Waals surface area contributed by atoms with Crippen molar-refractivity contribution < 1.29 is 4.39 Å². The van der Waals surface area contributed by atoms with Crippen molar-refractivity contribution in [3.8, 4) is 0 Å². The molecule has 0 heterocycles. The molecule has 0 aromatic heterocycles. The van der Waals surface area contributed by atoms with Crippen LogP contribution in [0, 0.1) is 12.7 Å². The molecular formula is C17H21FN2. The van der Waals surface area contributed by atoms with E-state index in [0.717, 1.165) is 16.9 Å². The Hall–Kier alpha value is -1.87. The third-order valence-corrected chi connectivity index (χ3v) is 3.51. The van der Waals surface area contributed by atoms with Crippen molar-refractivity contribution in [2.24, 2.45) is 5.73 Å². The highest BCUT2D eigenvalue weighted by atomic mass is 19.1. The number of hydrogen-bond acceptors (Lipinski definition) is 2. The number of nitrogens with one attached hydrogen (secondary N) is 1. The van der Waals surface area contributed by atoms with Crippen LogP contribution >= 0.6 is 0 Å². The van der Waals surface area contributed by atoms with Crippen molar-refractivity contribution >= 4 is 11.4 Å². The van der Waals surface area contributed by atoms with E-state index in [1.54, 1.807) is 6.07 Å². The molecule has 3 N–H and O–H groups in total. The molecule has 0 amide bonds. The standard InChI is InChI=1S/C17H21FN2/c1-11(2)13-7-4-6-12(3)17(13)20-16-9-5-8-15(18)14(16)10-19/h4-9,11,20H,10,19H2,1-3H3. The molecule has 0 saturated heterocycles. The Labute approximate surface area is 119 Å². The molecule has 2 aromatic carbocycles. The molecule has 106 valence electrons. The van der Waals surface area contributed by atoms with E-state index in [-0.39, 0.29) is 12.4 Å². The average molecular weight is 272 g/mol. The fraction of sp³-hybridized carbons (Fsp3) is 0.294. The first kappa shape index (κ1) is 14.5. The maximum absolute atomic E-state index is 13.8. The summed E-state index contributed by atoms with van der Waals surface area (Å²) in [7, 11) is 0. The van der Waals surface area contributed by atoms with Crippen molar-refractivity contribution in [1.82, 2.24) is 0 Å². The largest absolute Gasteiger partial charge is 0.355 e. The Kier molecular flexibility index (Phi) is 4.40. The molecule has 2 aromatic rings. The van der Waals surface area contributed by atoms with Gasteiger partial charge < -0.3 is 11.1 Å². The van der Waals surface area contributed by atoms with Crippen molar-refractivity contribution in [3.63, 3.8) is 0 Å². The van der Waals surface area contributed by atoms with Gasteiger partial charge in [-0.3, -0.25) is 0 Å². The van der Waals surface area contributed by atoms with E-state index in [0.29, 0.717) is 11.5 Å². The predicted molar refractivity (Wildman–Crippen MR) is 82.8 cm³/mol. The van der Waals surface area contributed by atoms with Gasteiger partial charge in [0.05, 0.1) is 0 Å². The zero-order valence-corrected chi connectivity index (χ0v) is 12.2. The Bertz CT molecular complexity index is 606. The van der Waals surface area contributed by atoms with Gasteiger partial charge in [-0.2, -0.15) is 0 Å². The molecule has 2 rings (SSSR count). The van der Waals surface area contributed by atoms with Crippen LogP contribution in [0.25, 0.3) is 0 Å². The van der Waals surface area contributed by atoms with E-state index in [2.05, 4.69) is 38.2 Å². The van der Waals surface area contributed by atoms with E-state index < -0.39 is 0 Å². The Balaban J connectivity index is 2.48. The zero-order chi connectivity index (χ0) is 14.7. The van der Waals surface area contributed by atoms with Crippen LogP contribution in [0.1, 0.15) is 36.5 Å². The highest BCUT2D eigenvalue weighted by molar-refractivity contribution is 5.69. The Morgan fingerprint density at radius 1 is 1.15 bits per heavy atom. The zero-order valence-electron chi connectivity index (χ0n) is 12.2. The number of halogens is 1. The normalized spacial score (nSPS) is 10.9. The molecule has 0 saturated carbocycles. The van der Waals surface area contributed by atoms with E-state index in [1.165, 1.54) is 11.6 Å². The maximum Gasteiger partial charge on any atom is 0.129 e. The van der Waals surface area contributed by atoms with Gasteiger partial charge in [0.15, 0.2) is 0 Å². The van der Waals surface area contributed by atoms with E-state index in [1.807, 2.05) is 12.1 Å². The third-order valence-electron chi connectivity index (χ3n) is 3.51. The van der Waals surface area contributed by atoms with Gasteiger partial charge in [0.25, 0.3) is 0 Å². The lowest BCUT2D eigenvalue weighted by Gasteiger charge is -2.19. The first-order chi connectivity index (χ1) is 9.54. The molecule has 0 radical (unpaired) electrons. The fourth-order valence-corrected chi connectivity index (χ4v) is 2.36. The highest BCUT2D eigenvalue weighted by Gasteiger charge is 2.12. The molecular weight excluding hydrogens is 251 g/mol. The van der Waals surface area contributed by atoms with Crippen LogP contribution < -0.4 is 11.1 Å². The van der Waals surface area contributed by atoms with E-state index >= 15 is 0 Å². The topological polar surface area (TPSA) is 38.0 Å². The molecule has 2 nitrogen and oxygen atoms in total. The number of rotatable bonds is 4. The lowest BCUT2D eigenvalue weighted by molar-refractivity contribution is 0.611.